The molecular formula is C13H11CoNO+2. The summed E-state index contributed by atoms with van der Waals surface area (Å²) in [5.41, 5.74) is 1.60. The number of phenols is 1. The average molecular weight is 256 g/mol. The molecular weight excluding hydrogens is 245 g/mol. The molecule has 0 spiro atoms. The fourth-order valence-corrected chi connectivity index (χ4v) is 1.25. The van der Waals surface area contributed by atoms with E-state index >= 15 is 0 Å². The fraction of sp³-hybridized carbons (Fsp3) is 0. The summed E-state index contributed by atoms with van der Waals surface area (Å²) in [5.74, 6) is 0.247. The zero-order valence-corrected chi connectivity index (χ0v) is 9.54. The van der Waals surface area contributed by atoms with Crippen molar-refractivity contribution in [2.24, 2.45) is 4.99 Å². The summed E-state index contributed by atoms with van der Waals surface area (Å²) in [5, 5.41) is 9.50. The van der Waals surface area contributed by atoms with E-state index in [1.807, 2.05) is 42.5 Å². The first-order chi connectivity index (χ1) is 7.36. The zero-order chi connectivity index (χ0) is 10.5. The number of rotatable bonds is 2. The molecule has 0 aliphatic rings. The molecule has 0 fully saturated rings. The van der Waals surface area contributed by atoms with Crippen LogP contribution in [0.5, 0.6) is 5.75 Å². The van der Waals surface area contributed by atoms with Crippen LogP contribution in [0.2, 0.25) is 0 Å². The molecule has 2 rings (SSSR count). The molecule has 0 saturated heterocycles. The summed E-state index contributed by atoms with van der Waals surface area (Å²) in [4.78, 5) is 4.25. The number of aromatic hydroxyl groups is 1. The van der Waals surface area contributed by atoms with Gasteiger partial charge in [-0.25, -0.2) is 0 Å². The molecule has 0 bridgehead atoms. The van der Waals surface area contributed by atoms with E-state index in [0.29, 0.717) is 0 Å². The minimum Gasteiger partial charge on any atom is -0.507 e. The Balaban J connectivity index is 0.00000128. The van der Waals surface area contributed by atoms with Gasteiger partial charge in [0.15, 0.2) is 0 Å². The average Bonchev–Trinajstić information content (AvgIpc) is 2.29. The maximum absolute atomic E-state index is 9.50. The smallest absolute Gasteiger partial charge is 0.507 e. The van der Waals surface area contributed by atoms with Crippen LogP contribution in [-0.2, 0) is 16.8 Å². The van der Waals surface area contributed by atoms with Crippen LogP contribution in [-0.4, -0.2) is 11.3 Å². The molecule has 0 aliphatic carbocycles. The van der Waals surface area contributed by atoms with Crippen LogP contribution >= 0.6 is 0 Å². The van der Waals surface area contributed by atoms with Crippen molar-refractivity contribution in [2.75, 3.05) is 0 Å². The van der Waals surface area contributed by atoms with Crippen LogP contribution in [0.1, 0.15) is 5.56 Å². The SMILES string of the molecule is Oc1ccccc1C=Nc1ccccc1.[Co+2]. The van der Waals surface area contributed by atoms with Gasteiger partial charge in [0, 0.05) is 11.8 Å². The van der Waals surface area contributed by atoms with Gasteiger partial charge in [0.25, 0.3) is 0 Å². The van der Waals surface area contributed by atoms with Crippen molar-refractivity contribution < 1.29 is 21.9 Å². The number of benzene rings is 2. The Labute approximate surface area is 105 Å². The van der Waals surface area contributed by atoms with Crippen LogP contribution in [0, 0.1) is 0 Å². The molecule has 2 aromatic rings. The molecule has 1 radical (unpaired) electrons. The number of hydrogen-bond acceptors (Lipinski definition) is 2. The standard InChI is InChI=1S/C13H11NO.Co/c15-13-9-5-4-6-11(13)10-14-12-7-2-1-3-8-12;/h1-10,15H;/q;+2. The van der Waals surface area contributed by atoms with E-state index in [9.17, 15) is 5.11 Å². The number of hydrogen-bond donors (Lipinski definition) is 1. The van der Waals surface area contributed by atoms with Crippen molar-refractivity contribution in [1.82, 2.24) is 0 Å². The van der Waals surface area contributed by atoms with E-state index in [4.69, 9.17) is 0 Å². The Morgan fingerprint density at radius 2 is 1.50 bits per heavy atom. The van der Waals surface area contributed by atoms with E-state index in [2.05, 4.69) is 4.99 Å². The molecule has 2 nitrogen and oxygen atoms in total. The summed E-state index contributed by atoms with van der Waals surface area (Å²) in [6, 6.07) is 16.7. The predicted molar refractivity (Wildman–Crippen MR) is 61.8 cm³/mol. The van der Waals surface area contributed by atoms with Crippen LogP contribution in [0.25, 0.3) is 0 Å². The van der Waals surface area contributed by atoms with Gasteiger partial charge in [0.2, 0.25) is 0 Å². The summed E-state index contributed by atoms with van der Waals surface area (Å²) in [6.07, 6.45) is 1.66. The minimum absolute atomic E-state index is 0. The van der Waals surface area contributed by atoms with Crippen LogP contribution in [0.3, 0.4) is 0 Å². The molecule has 0 heterocycles. The summed E-state index contributed by atoms with van der Waals surface area (Å²) in [6.45, 7) is 0. The second-order valence-corrected chi connectivity index (χ2v) is 3.15. The first-order valence-electron chi connectivity index (χ1n) is 4.73. The van der Waals surface area contributed by atoms with Gasteiger partial charge in [0.1, 0.15) is 5.75 Å². The summed E-state index contributed by atoms with van der Waals surface area (Å²) < 4.78 is 0. The first kappa shape index (κ1) is 12.5. The van der Waals surface area contributed by atoms with Crippen molar-refractivity contribution in [3.8, 4) is 5.75 Å². The molecule has 0 amide bonds. The third-order valence-corrected chi connectivity index (χ3v) is 2.05. The van der Waals surface area contributed by atoms with Crippen molar-refractivity contribution in [2.45, 2.75) is 0 Å². The molecule has 3 heteroatoms. The molecule has 2 aromatic carbocycles. The molecule has 0 aromatic heterocycles. The molecule has 16 heavy (non-hydrogen) atoms. The molecule has 1 N–H and O–H groups in total. The van der Waals surface area contributed by atoms with Gasteiger partial charge in [-0.15, -0.1) is 0 Å². The zero-order valence-electron chi connectivity index (χ0n) is 8.50. The van der Waals surface area contributed by atoms with E-state index in [1.165, 1.54) is 0 Å². The molecule has 81 valence electrons. The Bertz CT molecular complexity index is 468. The second-order valence-electron chi connectivity index (χ2n) is 3.15. The quantitative estimate of drug-likeness (QED) is 0.822. The monoisotopic (exact) mass is 256 g/mol. The Morgan fingerprint density at radius 3 is 2.19 bits per heavy atom. The number of aliphatic imine (C=N–C) groups is 1. The summed E-state index contributed by atoms with van der Waals surface area (Å²) >= 11 is 0. The number of phenolic OH excluding ortho intramolecular Hbond substituents is 1. The van der Waals surface area contributed by atoms with Crippen molar-refractivity contribution in [1.29, 1.82) is 0 Å². The molecule has 0 saturated carbocycles. The van der Waals surface area contributed by atoms with Gasteiger partial charge >= 0.3 is 16.8 Å². The third-order valence-electron chi connectivity index (χ3n) is 2.05. The molecule has 0 unspecified atom stereocenters. The molecule has 0 atom stereocenters. The van der Waals surface area contributed by atoms with Crippen LogP contribution in [0.15, 0.2) is 59.6 Å². The van der Waals surface area contributed by atoms with Gasteiger partial charge in [0.05, 0.1) is 5.69 Å². The summed E-state index contributed by atoms with van der Waals surface area (Å²) in [7, 11) is 0. The largest absolute Gasteiger partial charge is 2.00 e. The van der Waals surface area contributed by atoms with Crippen molar-refractivity contribution >= 4 is 11.9 Å². The van der Waals surface area contributed by atoms with Gasteiger partial charge in [-0.2, -0.15) is 0 Å². The first-order valence-corrected chi connectivity index (χ1v) is 4.73. The van der Waals surface area contributed by atoms with Gasteiger partial charge < -0.3 is 5.11 Å². The van der Waals surface area contributed by atoms with E-state index in [1.54, 1.807) is 18.3 Å². The number of para-hydroxylation sites is 2. The number of nitrogens with zero attached hydrogens (tertiary/aromatic N) is 1. The normalized spacial score (nSPS) is 10.0. The van der Waals surface area contributed by atoms with Gasteiger partial charge in [-0.05, 0) is 24.3 Å². The topological polar surface area (TPSA) is 32.6 Å². The van der Waals surface area contributed by atoms with Crippen molar-refractivity contribution in [3.63, 3.8) is 0 Å². The van der Waals surface area contributed by atoms with E-state index < -0.39 is 0 Å². The second kappa shape index (κ2) is 6.10. The third kappa shape index (κ3) is 3.22. The van der Waals surface area contributed by atoms with Gasteiger partial charge in [-0.1, -0.05) is 30.3 Å². The van der Waals surface area contributed by atoms with E-state index in [-0.39, 0.29) is 22.5 Å². The van der Waals surface area contributed by atoms with Crippen LogP contribution in [0.4, 0.5) is 5.69 Å². The Kier molecular flexibility index (Phi) is 4.76. The maximum Gasteiger partial charge on any atom is 2.00 e. The predicted octanol–water partition coefficient (Wildman–Crippen LogP) is 3.14. The maximum atomic E-state index is 9.50. The fourth-order valence-electron chi connectivity index (χ4n) is 1.25. The van der Waals surface area contributed by atoms with Crippen LogP contribution < -0.4 is 0 Å². The van der Waals surface area contributed by atoms with Gasteiger partial charge in [-0.3, -0.25) is 4.99 Å². The van der Waals surface area contributed by atoms with Crippen molar-refractivity contribution in [3.05, 3.63) is 60.2 Å². The Morgan fingerprint density at radius 1 is 0.875 bits per heavy atom. The molecule has 0 aliphatic heterocycles. The van der Waals surface area contributed by atoms with E-state index in [0.717, 1.165) is 11.3 Å². The minimum atomic E-state index is 0. The Hall–Kier alpha value is -1.58.